The van der Waals surface area contributed by atoms with Gasteiger partial charge in [-0.25, -0.2) is 8.42 Å². The van der Waals surface area contributed by atoms with Gasteiger partial charge in [-0.15, -0.1) is 0 Å². The highest BCUT2D eigenvalue weighted by Crippen LogP contribution is 2.27. The minimum absolute atomic E-state index is 0.0583. The number of nitrogens with one attached hydrogen (secondary N) is 1. The summed E-state index contributed by atoms with van der Waals surface area (Å²) in [5.74, 6) is 1.03. The topological polar surface area (TPSA) is 112 Å². The van der Waals surface area contributed by atoms with Crippen LogP contribution in [-0.4, -0.2) is 75.5 Å². The van der Waals surface area contributed by atoms with Gasteiger partial charge in [0.05, 0.1) is 38.8 Å². The van der Waals surface area contributed by atoms with E-state index < -0.39 is 10.0 Å². The number of amides is 1. The average molecular weight is 467 g/mol. The zero-order valence-corrected chi connectivity index (χ0v) is 19.7. The lowest BCUT2D eigenvalue weighted by atomic mass is 10.1. The van der Waals surface area contributed by atoms with Crippen molar-refractivity contribution in [2.24, 2.45) is 0 Å². The minimum Gasteiger partial charge on any atom is -0.493 e. The Morgan fingerprint density at radius 2 is 1.84 bits per heavy atom. The number of hydrogen-bond donors (Lipinski definition) is 1. The average Bonchev–Trinajstić information content (AvgIpc) is 3.07. The first-order chi connectivity index (χ1) is 15.3. The lowest BCUT2D eigenvalue weighted by Crippen LogP contribution is -2.41. The van der Waals surface area contributed by atoms with Gasteiger partial charge >= 0.3 is 0 Å². The molecule has 3 rings (SSSR count). The largest absolute Gasteiger partial charge is 0.493 e. The second-order valence-electron chi connectivity index (χ2n) is 7.46. The van der Waals surface area contributed by atoms with Gasteiger partial charge in [0.25, 0.3) is 0 Å². The summed E-state index contributed by atoms with van der Waals surface area (Å²) in [7, 11) is -0.535. The van der Waals surface area contributed by atoms with Crippen LogP contribution in [0.2, 0.25) is 0 Å². The third kappa shape index (κ3) is 5.22. The molecule has 11 heteroatoms. The number of aryl methyl sites for hydroxylation is 1. The van der Waals surface area contributed by atoms with Crippen molar-refractivity contribution in [3.8, 4) is 11.5 Å². The minimum atomic E-state index is -3.69. The van der Waals surface area contributed by atoms with Gasteiger partial charge in [0.15, 0.2) is 11.5 Å². The maximum Gasteiger partial charge on any atom is 0.246 e. The van der Waals surface area contributed by atoms with E-state index >= 15 is 0 Å². The Morgan fingerprint density at radius 3 is 2.50 bits per heavy atom. The van der Waals surface area contributed by atoms with Gasteiger partial charge < -0.3 is 19.5 Å². The Hall–Kier alpha value is -2.63. The lowest BCUT2D eigenvalue weighted by Gasteiger charge is -2.26. The van der Waals surface area contributed by atoms with Crippen LogP contribution < -0.4 is 14.8 Å². The Balaban J connectivity index is 1.62. The van der Waals surface area contributed by atoms with Crippen LogP contribution in [0.15, 0.2) is 23.1 Å². The first kappa shape index (κ1) is 24.0. The molecule has 0 aliphatic carbocycles. The molecule has 0 radical (unpaired) electrons. The Bertz CT molecular complexity index is 1060. The highest BCUT2D eigenvalue weighted by atomic mass is 32.2. The second kappa shape index (κ2) is 10.3. The maximum atomic E-state index is 13.1. The van der Waals surface area contributed by atoms with E-state index in [4.69, 9.17) is 14.2 Å². The monoisotopic (exact) mass is 466 g/mol. The third-order valence-corrected chi connectivity index (χ3v) is 7.51. The fraction of sp³-hybridized carbons (Fsp3) is 0.524. The number of carbonyl (C=O) groups excluding carboxylic acids is 1. The molecule has 0 spiro atoms. The summed E-state index contributed by atoms with van der Waals surface area (Å²) in [6, 6.07) is 5.61. The van der Waals surface area contributed by atoms with Gasteiger partial charge in [0, 0.05) is 19.6 Å². The number of morpholine rings is 1. The van der Waals surface area contributed by atoms with Crippen molar-refractivity contribution < 1.29 is 27.4 Å². The van der Waals surface area contributed by atoms with Gasteiger partial charge in [-0.1, -0.05) is 6.07 Å². The summed E-state index contributed by atoms with van der Waals surface area (Å²) in [6.07, 6.45) is 0.611. The first-order valence-electron chi connectivity index (χ1n) is 10.4. The number of aromatic nitrogens is 2. The number of rotatable bonds is 9. The number of methoxy groups -OCH3 is 2. The van der Waals surface area contributed by atoms with Crippen LogP contribution in [0.3, 0.4) is 0 Å². The molecule has 0 atom stereocenters. The zero-order valence-electron chi connectivity index (χ0n) is 18.9. The van der Waals surface area contributed by atoms with Gasteiger partial charge in [-0.3, -0.25) is 9.48 Å². The molecule has 0 saturated carbocycles. The number of hydrogen-bond acceptors (Lipinski definition) is 7. The van der Waals surface area contributed by atoms with Crippen molar-refractivity contribution in [2.75, 3.05) is 47.1 Å². The van der Waals surface area contributed by atoms with Crippen LogP contribution in [0.4, 0.5) is 0 Å². The standard InChI is InChI=1S/C21H30N4O6S/c1-15-21(32(27,28)24-9-11-31-12-10-24)16(2)25(23-15)14-20(26)22-8-7-17-5-6-18(29-3)19(13-17)30-4/h5-6,13H,7-12,14H2,1-4H3,(H,22,26). The van der Waals surface area contributed by atoms with E-state index in [0.717, 1.165) is 5.56 Å². The number of sulfonamides is 1. The molecule has 32 heavy (non-hydrogen) atoms. The molecule has 1 N–H and O–H groups in total. The molecule has 1 aromatic carbocycles. The fourth-order valence-corrected chi connectivity index (χ4v) is 5.48. The van der Waals surface area contributed by atoms with Crippen LogP contribution in [0, 0.1) is 13.8 Å². The predicted molar refractivity (Wildman–Crippen MR) is 118 cm³/mol. The van der Waals surface area contributed by atoms with E-state index in [9.17, 15) is 13.2 Å². The van der Waals surface area contributed by atoms with Crippen LogP contribution in [0.5, 0.6) is 11.5 Å². The summed E-state index contributed by atoms with van der Waals surface area (Å²) < 4.78 is 44.7. The Morgan fingerprint density at radius 1 is 1.16 bits per heavy atom. The summed E-state index contributed by atoms with van der Waals surface area (Å²) >= 11 is 0. The maximum absolute atomic E-state index is 13.1. The molecule has 176 valence electrons. The van der Waals surface area contributed by atoms with E-state index in [0.29, 0.717) is 62.2 Å². The molecule has 1 saturated heterocycles. The molecule has 1 fully saturated rings. The molecule has 2 heterocycles. The highest BCUT2D eigenvalue weighted by molar-refractivity contribution is 7.89. The van der Waals surface area contributed by atoms with E-state index in [1.54, 1.807) is 28.1 Å². The number of nitrogens with zero attached hydrogens (tertiary/aromatic N) is 3. The van der Waals surface area contributed by atoms with E-state index in [-0.39, 0.29) is 17.3 Å². The molecule has 10 nitrogen and oxygen atoms in total. The van der Waals surface area contributed by atoms with Crippen molar-refractivity contribution in [3.63, 3.8) is 0 Å². The van der Waals surface area contributed by atoms with Crippen molar-refractivity contribution in [3.05, 3.63) is 35.2 Å². The van der Waals surface area contributed by atoms with Crippen LogP contribution in [0.25, 0.3) is 0 Å². The van der Waals surface area contributed by atoms with Crippen molar-refractivity contribution in [1.82, 2.24) is 19.4 Å². The Labute approximate surface area is 188 Å². The molecule has 2 aromatic rings. The fourth-order valence-electron chi connectivity index (χ4n) is 3.70. The van der Waals surface area contributed by atoms with E-state index in [2.05, 4.69) is 10.4 Å². The molecular formula is C21H30N4O6S. The van der Waals surface area contributed by atoms with Crippen LogP contribution in [-0.2, 0) is 32.5 Å². The smallest absolute Gasteiger partial charge is 0.246 e. The Kier molecular flexibility index (Phi) is 7.75. The van der Waals surface area contributed by atoms with Gasteiger partial charge in [-0.2, -0.15) is 9.40 Å². The quantitative estimate of drug-likeness (QED) is 0.584. The summed E-state index contributed by atoms with van der Waals surface area (Å²) in [4.78, 5) is 12.6. The van der Waals surface area contributed by atoms with Gasteiger partial charge in [-0.05, 0) is 38.0 Å². The van der Waals surface area contributed by atoms with E-state index in [1.807, 2.05) is 18.2 Å². The van der Waals surface area contributed by atoms with Gasteiger partial charge in [0.1, 0.15) is 11.4 Å². The van der Waals surface area contributed by atoms with E-state index in [1.165, 1.54) is 8.99 Å². The first-order valence-corrected chi connectivity index (χ1v) is 11.8. The number of ether oxygens (including phenoxy) is 3. The SMILES string of the molecule is COc1ccc(CCNC(=O)Cn2nc(C)c(S(=O)(=O)N3CCOCC3)c2C)cc1OC. The molecular weight excluding hydrogens is 436 g/mol. The second-order valence-corrected chi connectivity index (χ2v) is 9.34. The molecule has 0 bridgehead atoms. The normalized spacial score (nSPS) is 14.9. The number of carbonyl (C=O) groups is 1. The lowest BCUT2D eigenvalue weighted by molar-refractivity contribution is -0.121. The summed E-state index contributed by atoms with van der Waals surface area (Å²) in [5, 5.41) is 7.16. The van der Waals surface area contributed by atoms with Crippen molar-refractivity contribution >= 4 is 15.9 Å². The zero-order chi connectivity index (χ0) is 23.3. The predicted octanol–water partition coefficient (Wildman–Crippen LogP) is 0.897. The summed E-state index contributed by atoms with van der Waals surface area (Å²) in [5.41, 5.74) is 1.82. The van der Waals surface area contributed by atoms with Crippen LogP contribution in [0.1, 0.15) is 17.0 Å². The van der Waals surface area contributed by atoms with Crippen molar-refractivity contribution in [2.45, 2.75) is 31.7 Å². The molecule has 1 aliphatic rings. The molecule has 1 aromatic heterocycles. The number of benzene rings is 1. The third-order valence-electron chi connectivity index (χ3n) is 5.36. The van der Waals surface area contributed by atoms with Crippen LogP contribution >= 0.6 is 0 Å². The summed E-state index contributed by atoms with van der Waals surface area (Å²) in [6.45, 7) is 5.04. The molecule has 0 unspecified atom stereocenters. The molecule has 1 amide bonds. The van der Waals surface area contributed by atoms with Crippen molar-refractivity contribution in [1.29, 1.82) is 0 Å². The van der Waals surface area contributed by atoms with Gasteiger partial charge in [0.2, 0.25) is 15.9 Å². The highest BCUT2D eigenvalue weighted by Gasteiger charge is 2.32. The molecule has 1 aliphatic heterocycles.